The van der Waals surface area contributed by atoms with Crippen molar-refractivity contribution < 1.29 is 14.3 Å². The number of hydrogen-bond donors (Lipinski definition) is 0. The van der Waals surface area contributed by atoms with Gasteiger partial charge in [-0.25, -0.2) is 4.79 Å². The second-order valence-electron chi connectivity index (χ2n) is 5.99. The van der Waals surface area contributed by atoms with Gasteiger partial charge in [-0.05, 0) is 24.6 Å². The van der Waals surface area contributed by atoms with Crippen molar-refractivity contribution in [3.63, 3.8) is 0 Å². The van der Waals surface area contributed by atoms with Gasteiger partial charge < -0.3 is 19.1 Å². The highest BCUT2D eigenvalue weighted by Gasteiger charge is 2.26. The van der Waals surface area contributed by atoms with E-state index in [-0.39, 0.29) is 12.0 Å². The first-order chi connectivity index (χ1) is 12.2. The topological polar surface area (TPSA) is 54.8 Å². The van der Waals surface area contributed by atoms with Gasteiger partial charge in [-0.15, -0.1) is 0 Å². The molecule has 2 amide bonds. The van der Waals surface area contributed by atoms with Gasteiger partial charge in [0.1, 0.15) is 5.69 Å². The minimum atomic E-state index is -0.304. The molecule has 1 fully saturated rings. The number of hydrogen-bond acceptors (Lipinski definition) is 3. The molecule has 132 valence electrons. The highest BCUT2D eigenvalue weighted by atomic mass is 16.6. The number of carbonyl (C=O) groups excluding carboxylic acids is 2. The fourth-order valence-electron chi connectivity index (χ4n) is 3.00. The molecule has 1 aromatic carbocycles. The number of carbonyl (C=O) groups is 2. The van der Waals surface area contributed by atoms with Crippen LogP contribution in [0.1, 0.15) is 23.0 Å². The van der Waals surface area contributed by atoms with E-state index in [2.05, 4.69) is 0 Å². The van der Waals surface area contributed by atoms with Crippen molar-refractivity contribution in [1.29, 1.82) is 0 Å². The summed E-state index contributed by atoms with van der Waals surface area (Å²) >= 11 is 0. The van der Waals surface area contributed by atoms with Gasteiger partial charge in [-0.2, -0.15) is 0 Å². The van der Waals surface area contributed by atoms with Crippen molar-refractivity contribution in [3.8, 4) is 0 Å². The van der Waals surface area contributed by atoms with E-state index in [9.17, 15) is 9.59 Å². The number of piperazine rings is 1. The predicted molar refractivity (Wildman–Crippen MR) is 94.5 cm³/mol. The molecule has 3 rings (SSSR count). The molecule has 0 saturated carbocycles. The lowest BCUT2D eigenvalue weighted by atomic mass is 10.2. The van der Waals surface area contributed by atoms with E-state index in [4.69, 9.17) is 4.74 Å². The van der Waals surface area contributed by atoms with E-state index in [1.807, 2.05) is 53.2 Å². The molecule has 25 heavy (non-hydrogen) atoms. The van der Waals surface area contributed by atoms with Crippen molar-refractivity contribution >= 4 is 12.0 Å². The lowest BCUT2D eigenvalue weighted by molar-refractivity contribution is 0.0562. The molecule has 1 aromatic heterocycles. The van der Waals surface area contributed by atoms with Crippen LogP contribution in [0.4, 0.5) is 4.79 Å². The van der Waals surface area contributed by atoms with Gasteiger partial charge in [0.2, 0.25) is 0 Å². The second kappa shape index (κ2) is 7.88. The summed E-state index contributed by atoms with van der Waals surface area (Å²) in [5.41, 5.74) is 1.83. The van der Waals surface area contributed by atoms with Crippen LogP contribution >= 0.6 is 0 Å². The summed E-state index contributed by atoms with van der Waals surface area (Å²) in [7, 11) is 0. The summed E-state index contributed by atoms with van der Waals surface area (Å²) in [5, 5.41) is 0. The van der Waals surface area contributed by atoms with E-state index >= 15 is 0 Å². The zero-order chi connectivity index (χ0) is 17.6. The van der Waals surface area contributed by atoms with Crippen molar-refractivity contribution in [1.82, 2.24) is 14.4 Å². The van der Waals surface area contributed by atoms with Crippen LogP contribution in [-0.4, -0.2) is 59.2 Å². The lowest BCUT2D eigenvalue weighted by Crippen LogP contribution is -2.51. The van der Waals surface area contributed by atoms with Gasteiger partial charge in [0, 0.05) is 38.9 Å². The van der Waals surface area contributed by atoms with Crippen LogP contribution in [-0.2, 0) is 11.3 Å². The molecule has 0 atom stereocenters. The van der Waals surface area contributed by atoms with E-state index in [1.165, 1.54) is 0 Å². The number of nitrogens with zero attached hydrogens (tertiary/aromatic N) is 3. The summed E-state index contributed by atoms with van der Waals surface area (Å²) in [6, 6.07) is 13.8. The van der Waals surface area contributed by atoms with Crippen LogP contribution in [0.2, 0.25) is 0 Å². The second-order valence-corrected chi connectivity index (χ2v) is 5.99. The largest absolute Gasteiger partial charge is 0.450 e. The number of amides is 2. The molecule has 0 bridgehead atoms. The smallest absolute Gasteiger partial charge is 0.409 e. The fourth-order valence-corrected chi connectivity index (χ4v) is 3.00. The normalized spacial score (nSPS) is 14.4. The van der Waals surface area contributed by atoms with Crippen LogP contribution in [0.5, 0.6) is 0 Å². The van der Waals surface area contributed by atoms with E-state index < -0.39 is 0 Å². The van der Waals surface area contributed by atoms with Gasteiger partial charge in [0.15, 0.2) is 0 Å². The van der Waals surface area contributed by atoms with Gasteiger partial charge in [0.05, 0.1) is 6.61 Å². The maximum Gasteiger partial charge on any atom is 0.409 e. The van der Waals surface area contributed by atoms with E-state index in [0.29, 0.717) is 45.0 Å². The molecule has 2 aromatic rings. The third-order valence-electron chi connectivity index (χ3n) is 4.34. The van der Waals surface area contributed by atoms with Crippen LogP contribution in [0.3, 0.4) is 0 Å². The Morgan fingerprint density at radius 1 is 0.960 bits per heavy atom. The summed E-state index contributed by atoms with van der Waals surface area (Å²) in [6.45, 7) is 4.87. The summed E-state index contributed by atoms with van der Waals surface area (Å²) in [5.74, 6) is 0.00411. The Bertz CT molecular complexity index is 719. The minimum Gasteiger partial charge on any atom is -0.450 e. The number of rotatable bonds is 4. The third kappa shape index (κ3) is 4.02. The summed E-state index contributed by atoms with van der Waals surface area (Å²) in [6.07, 6.45) is 1.62. The average molecular weight is 341 g/mol. The molecule has 0 N–H and O–H groups in total. The molecule has 0 spiro atoms. The minimum absolute atomic E-state index is 0.00411. The number of ether oxygens (including phenoxy) is 1. The zero-order valence-corrected chi connectivity index (χ0v) is 14.4. The number of aromatic nitrogens is 1. The van der Waals surface area contributed by atoms with Gasteiger partial charge >= 0.3 is 6.09 Å². The fraction of sp³-hybridized carbons (Fsp3) is 0.368. The highest BCUT2D eigenvalue weighted by Crippen LogP contribution is 2.13. The van der Waals surface area contributed by atoms with Crippen molar-refractivity contribution in [2.45, 2.75) is 13.5 Å². The maximum absolute atomic E-state index is 12.8. The van der Waals surface area contributed by atoms with Crippen LogP contribution in [0.25, 0.3) is 0 Å². The van der Waals surface area contributed by atoms with E-state index in [0.717, 1.165) is 5.56 Å². The molecule has 2 heterocycles. The zero-order valence-electron chi connectivity index (χ0n) is 14.4. The van der Waals surface area contributed by atoms with Crippen LogP contribution in [0, 0.1) is 0 Å². The van der Waals surface area contributed by atoms with Crippen molar-refractivity contribution in [2.24, 2.45) is 0 Å². The Morgan fingerprint density at radius 2 is 1.64 bits per heavy atom. The lowest BCUT2D eigenvalue weighted by Gasteiger charge is -2.34. The molecule has 0 unspecified atom stereocenters. The Kier molecular flexibility index (Phi) is 5.38. The Morgan fingerprint density at radius 3 is 2.32 bits per heavy atom. The quantitative estimate of drug-likeness (QED) is 0.858. The Labute approximate surface area is 147 Å². The molecule has 0 radical (unpaired) electrons. The first kappa shape index (κ1) is 17.1. The van der Waals surface area contributed by atoms with Crippen molar-refractivity contribution in [3.05, 3.63) is 59.9 Å². The Balaban J connectivity index is 1.63. The maximum atomic E-state index is 12.8. The van der Waals surface area contributed by atoms with Gasteiger partial charge in [0.25, 0.3) is 5.91 Å². The molecular weight excluding hydrogens is 318 g/mol. The molecule has 6 nitrogen and oxygen atoms in total. The Hall–Kier alpha value is -2.76. The first-order valence-electron chi connectivity index (χ1n) is 8.59. The molecule has 0 aliphatic carbocycles. The number of benzene rings is 1. The molecule has 6 heteroatoms. The highest BCUT2D eigenvalue weighted by molar-refractivity contribution is 5.93. The summed E-state index contributed by atoms with van der Waals surface area (Å²) < 4.78 is 6.98. The predicted octanol–water partition coefficient (Wildman–Crippen LogP) is 2.45. The molecular formula is C19H23N3O3. The third-order valence-corrected chi connectivity index (χ3v) is 4.34. The van der Waals surface area contributed by atoms with Gasteiger partial charge in [-0.3, -0.25) is 4.79 Å². The monoisotopic (exact) mass is 341 g/mol. The van der Waals surface area contributed by atoms with Gasteiger partial charge in [-0.1, -0.05) is 30.3 Å². The standard InChI is InChI=1S/C19H23N3O3/c1-2-25-19(24)21-13-11-20(12-14-21)18(23)17-9-6-10-22(17)15-16-7-4-3-5-8-16/h3-10H,2,11-15H2,1H3. The molecule has 1 saturated heterocycles. The van der Waals surface area contributed by atoms with E-state index in [1.54, 1.807) is 16.7 Å². The molecule has 1 aliphatic rings. The van der Waals surface area contributed by atoms with Crippen LogP contribution < -0.4 is 0 Å². The summed E-state index contributed by atoms with van der Waals surface area (Å²) in [4.78, 5) is 28.0. The SMILES string of the molecule is CCOC(=O)N1CCN(C(=O)c2cccn2Cc2ccccc2)CC1. The first-order valence-corrected chi connectivity index (χ1v) is 8.59. The van der Waals surface area contributed by atoms with Crippen LogP contribution in [0.15, 0.2) is 48.7 Å². The molecule has 1 aliphatic heterocycles. The average Bonchev–Trinajstić information content (AvgIpc) is 3.10. The van der Waals surface area contributed by atoms with Crippen molar-refractivity contribution in [2.75, 3.05) is 32.8 Å².